The fourth-order valence-electron chi connectivity index (χ4n) is 2.91. The van der Waals surface area contributed by atoms with E-state index in [0.717, 1.165) is 43.0 Å². The summed E-state index contributed by atoms with van der Waals surface area (Å²) in [6, 6.07) is 7.87. The van der Waals surface area contributed by atoms with Gasteiger partial charge in [-0.25, -0.2) is 9.97 Å². The van der Waals surface area contributed by atoms with Crippen molar-refractivity contribution < 1.29 is 4.79 Å². The number of carbonyl (C=O) groups is 1. The Labute approximate surface area is 156 Å². The van der Waals surface area contributed by atoms with Crippen molar-refractivity contribution in [2.24, 2.45) is 0 Å². The summed E-state index contributed by atoms with van der Waals surface area (Å²) < 4.78 is 0. The van der Waals surface area contributed by atoms with Gasteiger partial charge in [0.25, 0.3) is 5.91 Å². The van der Waals surface area contributed by atoms with Crippen LogP contribution in [0.15, 0.2) is 36.7 Å². The van der Waals surface area contributed by atoms with Crippen LogP contribution in [0.3, 0.4) is 0 Å². The van der Waals surface area contributed by atoms with Crippen LogP contribution in [-0.4, -0.2) is 29.0 Å². The van der Waals surface area contributed by atoms with Crippen molar-refractivity contribution in [3.05, 3.63) is 47.9 Å². The van der Waals surface area contributed by atoms with E-state index in [1.165, 1.54) is 0 Å². The summed E-state index contributed by atoms with van der Waals surface area (Å²) >= 11 is 0. The largest absolute Gasteiger partial charge is 0.355 e. The van der Waals surface area contributed by atoms with Crippen LogP contribution in [0, 0.1) is 0 Å². The Hall–Kier alpha value is -2.43. The smallest absolute Gasteiger partial charge is 0.275 e. The second-order valence-electron chi connectivity index (χ2n) is 7.50. The molecule has 0 aliphatic carbocycles. The number of nitrogens with one attached hydrogen (secondary N) is 1. The highest BCUT2D eigenvalue weighted by Gasteiger charge is 2.19. The summed E-state index contributed by atoms with van der Waals surface area (Å²) in [4.78, 5) is 23.6. The van der Waals surface area contributed by atoms with Crippen LogP contribution in [0.25, 0.3) is 0 Å². The third-order valence-electron chi connectivity index (χ3n) is 4.17. The lowest BCUT2D eigenvalue weighted by Crippen LogP contribution is -2.26. The molecule has 2 aromatic rings. The second kappa shape index (κ2) is 8.79. The molecule has 1 aromatic heterocycles. The molecule has 1 N–H and O–H groups in total. The SMILES string of the molecule is CCCN(CCC)c1cnc(C(=O)Nc2ccccc2C(C)(C)C)cn1. The van der Waals surface area contributed by atoms with Gasteiger partial charge in [0.15, 0.2) is 0 Å². The predicted octanol–water partition coefficient (Wildman–Crippen LogP) is 4.65. The van der Waals surface area contributed by atoms with Crippen molar-refractivity contribution >= 4 is 17.4 Å². The first-order valence-electron chi connectivity index (χ1n) is 9.34. The minimum Gasteiger partial charge on any atom is -0.355 e. The minimum absolute atomic E-state index is 0.0553. The van der Waals surface area contributed by atoms with Gasteiger partial charge in [-0.3, -0.25) is 4.79 Å². The molecule has 140 valence electrons. The van der Waals surface area contributed by atoms with Crippen LogP contribution in [0.2, 0.25) is 0 Å². The van der Waals surface area contributed by atoms with Crippen LogP contribution in [0.5, 0.6) is 0 Å². The molecule has 0 spiro atoms. The molecule has 0 radical (unpaired) electrons. The molecule has 0 saturated carbocycles. The van der Waals surface area contributed by atoms with E-state index in [9.17, 15) is 4.79 Å². The van der Waals surface area contributed by atoms with Crippen molar-refractivity contribution in [2.75, 3.05) is 23.3 Å². The van der Waals surface area contributed by atoms with Crippen molar-refractivity contribution in [3.63, 3.8) is 0 Å². The monoisotopic (exact) mass is 354 g/mol. The molecule has 2 rings (SSSR count). The zero-order chi connectivity index (χ0) is 19.2. The number of hydrogen-bond donors (Lipinski definition) is 1. The molecule has 0 bridgehead atoms. The van der Waals surface area contributed by atoms with Gasteiger partial charge in [-0.15, -0.1) is 0 Å². The van der Waals surface area contributed by atoms with E-state index in [4.69, 9.17) is 0 Å². The first-order chi connectivity index (χ1) is 12.4. The zero-order valence-electron chi connectivity index (χ0n) is 16.5. The van der Waals surface area contributed by atoms with E-state index in [2.05, 4.69) is 54.8 Å². The number of carbonyl (C=O) groups excluding carboxylic acids is 1. The number of amides is 1. The second-order valence-corrected chi connectivity index (χ2v) is 7.50. The average molecular weight is 354 g/mol. The van der Waals surface area contributed by atoms with E-state index in [0.29, 0.717) is 5.69 Å². The lowest BCUT2D eigenvalue weighted by molar-refractivity contribution is 0.102. The summed E-state index contributed by atoms with van der Waals surface area (Å²) in [5.41, 5.74) is 2.18. The summed E-state index contributed by atoms with van der Waals surface area (Å²) in [6.45, 7) is 12.5. The molecular formula is C21H30N4O. The molecule has 0 atom stereocenters. The van der Waals surface area contributed by atoms with E-state index < -0.39 is 0 Å². The molecule has 1 amide bonds. The molecule has 0 aliphatic heterocycles. The maximum Gasteiger partial charge on any atom is 0.275 e. The number of para-hydroxylation sites is 1. The molecule has 1 heterocycles. The van der Waals surface area contributed by atoms with Gasteiger partial charge in [0, 0.05) is 18.8 Å². The van der Waals surface area contributed by atoms with Crippen molar-refractivity contribution in [3.8, 4) is 0 Å². The van der Waals surface area contributed by atoms with Gasteiger partial charge in [-0.1, -0.05) is 52.8 Å². The summed E-state index contributed by atoms with van der Waals surface area (Å²) in [7, 11) is 0. The molecule has 0 aliphatic rings. The molecule has 5 heteroatoms. The van der Waals surface area contributed by atoms with Crippen molar-refractivity contribution in [1.82, 2.24) is 9.97 Å². The lowest BCUT2D eigenvalue weighted by atomic mass is 9.86. The topological polar surface area (TPSA) is 58.1 Å². The number of nitrogens with zero attached hydrogens (tertiary/aromatic N) is 3. The Balaban J connectivity index is 2.16. The maximum atomic E-state index is 12.6. The molecule has 26 heavy (non-hydrogen) atoms. The summed E-state index contributed by atoms with van der Waals surface area (Å²) in [6.07, 6.45) is 5.35. The fraction of sp³-hybridized carbons (Fsp3) is 0.476. The van der Waals surface area contributed by atoms with Gasteiger partial charge in [-0.05, 0) is 29.9 Å². The van der Waals surface area contributed by atoms with E-state index >= 15 is 0 Å². The number of benzene rings is 1. The van der Waals surface area contributed by atoms with Crippen molar-refractivity contribution in [2.45, 2.75) is 52.9 Å². The van der Waals surface area contributed by atoms with E-state index in [1.807, 2.05) is 24.3 Å². The number of rotatable bonds is 7. The Kier molecular flexibility index (Phi) is 6.72. The van der Waals surface area contributed by atoms with Crippen LogP contribution < -0.4 is 10.2 Å². The Morgan fingerprint density at radius 3 is 2.23 bits per heavy atom. The molecular weight excluding hydrogens is 324 g/mol. The quantitative estimate of drug-likeness (QED) is 0.786. The molecule has 0 fully saturated rings. The predicted molar refractivity (Wildman–Crippen MR) is 108 cm³/mol. The molecule has 1 aromatic carbocycles. The highest BCUT2D eigenvalue weighted by atomic mass is 16.1. The van der Waals surface area contributed by atoms with E-state index in [1.54, 1.807) is 12.4 Å². The Morgan fingerprint density at radius 2 is 1.69 bits per heavy atom. The van der Waals surface area contributed by atoms with Gasteiger partial charge in [0.2, 0.25) is 0 Å². The standard InChI is InChI=1S/C21H30N4O/c1-6-12-25(13-7-2)19-15-22-18(14-23-19)20(26)24-17-11-9-8-10-16(17)21(3,4)5/h8-11,14-15H,6-7,12-13H2,1-5H3,(H,24,26). The zero-order valence-corrected chi connectivity index (χ0v) is 16.5. The first kappa shape index (κ1) is 19.9. The highest BCUT2D eigenvalue weighted by molar-refractivity contribution is 6.03. The van der Waals surface area contributed by atoms with Gasteiger partial charge in [-0.2, -0.15) is 0 Å². The summed E-state index contributed by atoms with van der Waals surface area (Å²) in [5, 5.41) is 2.98. The highest BCUT2D eigenvalue weighted by Crippen LogP contribution is 2.29. The molecule has 0 unspecified atom stereocenters. The number of hydrogen-bond acceptors (Lipinski definition) is 4. The van der Waals surface area contributed by atoms with Crippen LogP contribution in [-0.2, 0) is 5.41 Å². The number of aromatic nitrogens is 2. The van der Waals surface area contributed by atoms with Crippen LogP contribution in [0.1, 0.15) is 63.5 Å². The van der Waals surface area contributed by atoms with Gasteiger partial charge in [0.1, 0.15) is 11.5 Å². The average Bonchev–Trinajstić information content (AvgIpc) is 2.61. The first-order valence-corrected chi connectivity index (χ1v) is 9.34. The summed E-state index contributed by atoms with van der Waals surface area (Å²) in [5.74, 6) is 0.582. The maximum absolute atomic E-state index is 12.6. The Bertz CT molecular complexity index is 714. The molecule has 5 nitrogen and oxygen atoms in total. The Morgan fingerprint density at radius 1 is 1.04 bits per heavy atom. The normalized spacial score (nSPS) is 11.3. The minimum atomic E-state index is -0.238. The molecule has 0 saturated heterocycles. The number of anilines is 2. The fourth-order valence-corrected chi connectivity index (χ4v) is 2.91. The van der Waals surface area contributed by atoms with Gasteiger partial charge in [0.05, 0.1) is 12.4 Å². The van der Waals surface area contributed by atoms with Crippen LogP contribution >= 0.6 is 0 Å². The van der Waals surface area contributed by atoms with Crippen molar-refractivity contribution in [1.29, 1.82) is 0 Å². The third kappa shape index (κ3) is 5.04. The van der Waals surface area contributed by atoms with Gasteiger partial charge >= 0.3 is 0 Å². The van der Waals surface area contributed by atoms with E-state index in [-0.39, 0.29) is 11.3 Å². The van der Waals surface area contributed by atoms with Gasteiger partial charge < -0.3 is 10.2 Å². The lowest BCUT2D eigenvalue weighted by Gasteiger charge is -2.23. The third-order valence-corrected chi connectivity index (χ3v) is 4.17. The van der Waals surface area contributed by atoms with Crippen LogP contribution in [0.4, 0.5) is 11.5 Å².